The fourth-order valence-electron chi connectivity index (χ4n) is 3.60. The van der Waals surface area contributed by atoms with Crippen LogP contribution in [0.1, 0.15) is 24.7 Å². The Labute approximate surface area is 206 Å². The van der Waals surface area contributed by atoms with Gasteiger partial charge in [-0.2, -0.15) is 13.2 Å². The van der Waals surface area contributed by atoms with E-state index in [9.17, 15) is 32.6 Å². The Kier molecular flexibility index (Phi) is 7.03. The molecule has 190 valence electrons. The van der Waals surface area contributed by atoms with Crippen LogP contribution in [0.2, 0.25) is 5.02 Å². The molecule has 0 amide bonds. The number of benzene rings is 2. The van der Waals surface area contributed by atoms with Crippen molar-refractivity contribution >= 4 is 11.6 Å². The lowest BCUT2D eigenvalue weighted by molar-refractivity contribution is -0.207. The first kappa shape index (κ1) is 25.6. The second-order valence-electron chi connectivity index (χ2n) is 8.05. The van der Waals surface area contributed by atoms with E-state index < -0.39 is 36.4 Å². The summed E-state index contributed by atoms with van der Waals surface area (Å²) in [6, 6.07) is 11.5. The summed E-state index contributed by atoms with van der Waals surface area (Å²) in [6.45, 7) is 0.136. The first-order valence-corrected chi connectivity index (χ1v) is 11.0. The molecule has 2 atom stereocenters. The molecule has 0 radical (unpaired) electrons. The van der Waals surface area contributed by atoms with Gasteiger partial charge in [0.2, 0.25) is 0 Å². The molecule has 2 heterocycles. The van der Waals surface area contributed by atoms with Crippen molar-refractivity contribution in [1.29, 1.82) is 0 Å². The van der Waals surface area contributed by atoms with Gasteiger partial charge in [-0.25, -0.2) is 18.9 Å². The highest BCUT2D eigenvalue weighted by Gasteiger charge is 2.39. The van der Waals surface area contributed by atoms with Crippen molar-refractivity contribution in [2.45, 2.75) is 38.4 Å². The second kappa shape index (κ2) is 9.88. The van der Waals surface area contributed by atoms with Crippen LogP contribution in [0.3, 0.4) is 0 Å². The van der Waals surface area contributed by atoms with E-state index in [2.05, 4.69) is 10.1 Å². The maximum Gasteiger partial charge on any atom is 0.416 e. The van der Waals surface area contributed by atoms with Crippen molar-refractivity contribution in [3.8, 4) is 16.9 Å². The van der Waals surface area contributed by atoms with Gasteiger partial charge in [-0.15, -0.1) is 5.10 Å². The Morgan fingerprint density at radius 2 is 1.81 bits per heavy atom. The number of aliphatic hydroxyl groups excluding tert-OH is 2. The summed E-state index contributed by atoms with van der Waals surface area (Å²) >= 11 is 5.90. The molecule has 36 heavy (non-hydrogen) atoms. The zero-order chi connectivity index (χ0) is 26.2. The minimum atomic E-state index is -4.93. The third-order valence-corrected chi connectivity index (χ3v) is 5.59. The number of aromatic nitrogens is 5. The normalized spacial score (nSPS) is 13.7. The van der Waals surface area contributed by atoms with Crippen molar-refractivity contribution in [2.24, 2.45) is 0 Å². The minimum absolute atomic E-state index is 0.0495. The van der Waals surface area contributed by atoms with Crippen molar-refractivity contribution in [2.75, 3.05) is 0 Å². The molecule has 0 aliphatic rings. The van der Waals surface area contributed by atoms with Crippen molar-refractivity contribution in [1.82, 2.24) is 23.9 Å². The van der Waals surface area contributed by atoms with Gasteiger partial charge in [0.1, 0.15) is 11.9 Å². The monoisotopic (exact) mass is 525 g/mol. The summed E-state index contributed by atoms with van der Waals surface area (Å²) in [6.07, 6.45) is -7.48. The molecule has 2 aromatic heterocycles. The molecule has 2 aromatic carbocycles. The molecule has 2 N–H and O–H groups in total. The maximum atomic E-state index is 13.7. The molecule has 8 nitrogen and oxygen atoms in total. The van der Waals surface area contributed by atoms with Gasteiger partial charge < -0.3 is 10.2 Å². The molecule has 1 unspecified atom stereocenters. The third-order valence-electron chi connectivity index (χ3n) is 5.33. The summed E-state index contributed by atoms with van der Waals surface area (Å²) in [5.41, 5.74) is -0.0542. The smallest absolute Gasteiger partial charge is 0.385 e. The van der Waals surface area contributed by atoms with E-state index in [1.807, 2.05) is 0 Å². The fraction of sp³-hybridized carbons (Fsp3) is 0.261. The van der Waals surface area contributed by atoms with Gasteiger partial charge >= 0.3 is 11.9 Å². The van der Waals surface area contributed by atoms with Crippen molar-refractivity contribution in [3.05, 3.63) is 87.7 Å². The van der Waals surface area contributed by atoms with Crippen LogP contribution in [0.15, 0.2) is 59.5 Å². The molecule has 0 bridgehead atoms. The zero-order valence-electron chi connectivity index (χ0n) is 18.7. The molecule has 4 aromatic rings. The van der Waals surface area contributed by atoms with E-state index in [1.165, 1.54) is 60.3 Å². The largest absolute Gasteiger partial charge is 0.416 e. The molecule has 0 aliphatic heterocycles. The van der Waals surface area contributed by atoms with E-state index in [4.69, 9.17) is 11.6 Å². The Morgan fingerprint density at radius 1 is 1.11 bits per heavy atom. The molecule has 13 heteroatoms. The maximum absolute atomic E-state index is 13.7. The van der Waals surface area contributed by atoms with Crippen LogP contribution in [0, 0.1) is 5.82 Å². The number of hydrogen-bond donors (Lipinski definition) is 2. The number of imidazole rings is 1. The first-order valence-electron chi connectivity index (χ1n) is 10.6. The van der Waals surface area contributed by atoms with Gasteiger partial charge in [-0.3, -0.25) is 9.13 Å². The molecule has 0 saturated heterocycles. The Balaban J connectivity index is 1.77. The molecule has 0 saturated carbocycles. The van der Waals surface area contributed by atoms with E-state index in [0.29, 0.717) is 10.6 Å². The van der Waals surface area contributed by atoms with E-state index in [0.717, 1.165) is 9.13 Å². The molecule has 4 rings (SSSR count). The molecular formula is C23H20ClF4N5O3. The van der Waals surface area contributed by atoms with Gasteiger partial charge in [-0.05, 0) is 42.8 Å². The quantitative estimate of drug-likeness (QED) is 0.358. The Morgan fingerprint density at radius 3 is 2.42 bits per heavy atom. The van der Waals surface area contributed by atoms with Crippen LogP contribution < -0.4 is 5.69 Å². The predicted molar refractivity (Wildman–Crippen MR) is 122 cm³/mol. The SMILES string of the molecule is C[C@H](O)c1nc(Cn2cc(-c3ccc(Cl)cc3)n(CC(O)C(F)(F)F)c2=O)nn1-c1cccc(F)c1. The number of hydrogen-bond acceptors (Lipinski definition) is 5. The Hall–Kier alpha value is -3.48. The first-order chi connectivity index (χ1) is 16.9. The van der Waals surface area contributed by atoms with Crippen LogP contribution in [0.5, 0.6) is 0 Å². The van der Waals surface area contributed by atoms with Crippen LogP contribution in [-0.4, -0.2) is 46.4 Å². The molecule has 0 spiro atoms. The highest BCUT2D eigenvalue weighted by atomic mass is 35.5. The van der Waals surface area contributed by atoms with Gasteiger partial charge in [0, 0.05) is 11.2 Å². The van der Waals surface area contributed by atoms with Crippen LogP contribution in [-0.2, 0) is 13.1 Å². The van der Waals surface area contributed by atoms with Gasteiger partial charge in [-0.1, -0.05) is 29.8 Å². The predicted octanol–water partition coefficient (Wildman–Crippen LogP) is 3.71. The van der Waals surface area contributed by atoms with Crippen LogP contribution >= 0.6 is 11.6 Å². The number of halogens is 5. The van der Waals surface area contributed by atoms with Gasteiger partial charge in [0.25, 0.3) is 0 Å². The number of aliphatic hydroxyl groups is 2. The molecule has 0 aliphatic carbocycles. The third kappa shape index (κ3) is 5.35. The second-order valence-corrected chi connectivity index (χ2v) is 8.49. The van der Waals surface area contributed by atoms with E-state index in [1.54, 1.807) is 6.07 Å². The summed E-state index contributed by atoms with van der Waals surface area (Å²) in [4.78, 5) is 17.3. The zero-order valence-corrected chi connectivity index (χ0v) is 19.4. The average molecular weight is 526 g/mol. The summed E-state index contributed by atoms with van der Waals surface area (Å²) in [5.74, 6) is -0.410. The fourth-order valence-corrected chi connectivity index (χ4v) is 3.73. The summed E-state index contributed by atoms with van der Waals surface area (Å²) in [7, 11) is 0. The number of alkyl halides is 3. The van der Waals surface area contributed by atoms with E-state index >= 15 is 0 Å². The van der Waals surface area contributed by atoms with E-state index in [-0.39, 0.29) is 29.6 Å². The average Bonchev–Trinajstić information content (AvgIpc) is 3.36. The highest BCUT2D eigenvalue weighted by Crippen LogP contribution is 2.25. The standard InChI is InChI=1S/C23H20ClF4N5O3/c1-13(34)21-29-20(30-33(21)17-4-2-3-16(25)9-17)12-31-10-18(14-5-7-15(24)8-6-14)32(22(31)36)11-19(35)23(26,27)28/h2-10,13,19,34-35H,11-12H2,1H3/t13-,19?/m0/s1. The van der Waals surface area contributed by atoms with Crippen LogP contribution in [0.25, 0.3) is 16.9 Å². The lowest BCUT2D eigenvalue weighted by Gasteiger charge is -2.16. The lowest BCUT2D eigenvalue weighted by Crippen LogP contribution is -2.37. The number of rotatable bonds is 7. The summed E-state index contributed by atoms with van der Waals surface area (Å²) in [5, 5.41) is 24.4. The summed E-state index contributed by atoms with van der Waals surface area (Å²) < 4.78 is 56.0. The molecular weight excluding hydrogens is 506 g/mol. The van der Waals surface area contributed by atoms with Crippen molar-refractivity contribution < 1.29 is 27.8 Å². The van der Waals surface area contributed by atoms with Crippen molar-refractivity contribution in [3.63, 3.8) is 0 Å². The number of nitrogens with zero attached hydrogens (tertiary/aromatic N) is 5. The lowest BCUT2D eigenvalue weighted by atomic mass is 10.1. The van der Waals surface area contributed by atoms with Gasteiger partial charge in [0.05, 0.1) is 24.5 Å². The highest BCUT2D eigenvalue weighted by molar-refractivity contribution is 6.30. The van der Waals surface area contributed by atoms with Gasteiger partial charge in [0.15, 0.2) is 17.8 Å². The topological polar surface area (TPSA) is 98.1 Å². The van der Waals surface area contributed by atoms with Crippen LogP contribution in [0.4, 0.5) is 17.6 Å². The molecule has 0 fully saturated rings. The minimum Gasteiger partial charge on any atom is -0.385 e. The Bertz CT molecular complexity index is 1430.